The second kappa shape index (κ2) is 13.2. The van der Waals surface area contributed by atoms with E-state index < -0.39 is 0 Å². The molecule has 192 valence electrons. The quantitative estimate of drug-likeness (QED) is 0.377. The molecule has 0 bridgehead atoms. The van der Waals surface area contributed by atoms with Gasteiger partial charge in [-0.25, -0.2) is 4.98 Å². The Morgan fingerprint density at radius 3 is 2.47 bits per heavy atom. The van der Waals surface area contributed by atoms with Crippen molar-refractivity contribution in [3.05, 3.63) is 65.5 Å². The molecule has 0 unspecified atom stereocenters. The van der Waals surface area contributed by atoms with E-state index >= 15 is 0 Å². The Morgan fingerprint density at radius 2 is 1.67 bits per heavy atom. The molecule has 1 aliphatic heterocycles. The zero-order valence-electron chi connectivity index (χ0n) is 21.7. The Labute approximate surface area is 215 Å². The summed E-state index contributed by atoms with van der Waals surface area (Å²) in [6.45, 7) is 5.22. The number of fused-ring (bicyclic) bond motifs is 1. The first kappa shape index (κ1) is 25.9. The molecule has 6 nitrogen and oxygen atoms in total. The van der Waals surface area contributed by atoms with Gasteiger partial charge in [0.05, 0.1) is 17.5 Å². The molecule has 36 heavy (non-hydrogen) atoms. The summed E-state index contributed by atoms with van der Waals surface area (Å²) in [5.41, 5.74) is 4.35. The van der Waals surface area contributed by atoms with Crippen LogP contribution in [0.4, 0.5) is 0 Å². The topological polar surface area (TPSA) is 67.2 Å². The number of carbonyl (C=O) groups is 2. The van der Waals surface area contributed by atoms with E-state index in [1.165, 1.54) is 12.8 Å². The number of para-hydroxylation sites is 2. The molecular formula is C30H40N4O2. The molecule has 2 amide bonds. The van der Waals surface area contributed by atoms with Crippen molar-refractivity contribution in [2.45, 2.75) is 77.7 Å². The molecule has 1 saturated heterocycles. The second-order valence-electron chi connectivity index (χ2n) is 9.98. The first-order valence-corrected chi connectivity index (χ1v) is 13.6. The average molecular weight is 489 g/mol. The molecule has 1 aromatic heterocycles. The number of likely N-dealkylation sites (tertiary alicyclic amines) is 1. The van der Waals surface area contributed by atoms with Crippen molar-refractivity contribution in [3.8, 4) is 0 Å². The fourth-order valence-corrected chi connectivity index (χ4v) is 5.11. The van der Waals surface area contributed by atoms with Crippen molar-refractivity contribution in [2.75, 3.05) is 19.6 Å². The third kappa shape index (κ3) is 7.19. The lowest BCUT2D eigenvalue weighted by Crippen LogP contribution is -2.32. The Kier molecular flexibility index (Phi) is 9.54. The summed E-state index contributed by atoms with van der Waals surface area (Å²) < 4.78 is 2.25. The third-order valence-corrected chi connectivity index (χ3v) is 7.25. The standard InChI is InChI=1S/C30H40N4O2/c1-24-13-6-7-14-25(24)23-29(35)31-19-10-4-5-17-28-32-26-15-8-9-16-27(26)34(28)22-18-30(36)33-20-11-2-3-12-21-33/h6-9,13-16H,2-5,10-12,17-23H2,1H3,(H,31,35). The number of hydrogen-bond acceptors (Lipinski definition) is 3. The monoisotopic (exact) mass is 488 g/mol. The SMILES string of the molecule is Cc1ccccc1CC(=O)NCCCCCc1nc2ccccc2n1CCC(=O)N1CCCCCC1. The summed E-state index contributed by atoms with van der Waals surface area (Å²) in [4.78, 5) is 32.1. The molecule has 1 fully saturated rings. The van der Waals surface area contributed by atoms with E-state index in [1.54, 1.807) is 0 Å². The van der Waals surface area contributed by atoms with Gasteiger partial charge in [0.15, 0.2) is 0 Å². The number of rotatable bonds is 11. The molecule has 6 heteroatoms. The first-order valence-electron chi connectivity index (χ1n) is 13.6. The van der Waals surface area contributed by atoms with Gasteiger partial charge in [-0.1, -0.05) is 55.7 Å². The highest BCUT2D eigenvalue weighted by molar-refractivity contribution is 5.79. The molecule has 0 saturated carbocycles. The summed E-state index contributed by atoms with van der Waals surface area (Å²) in [6, 6.07) is 16.3. The van der Waals surface area contributed by atoms with Gasteiger partial charge >= 0.3 is 0 Å². The Bertz CT molecular complexity index is 1140. The van der Waals surface area contributed by atoms with Crippen LogP contribution in [0.3, 0.4) is 0 Å². The maximum Gasteiger partial charge on any atom is 0.224 e. The summed E-state index contributed by atoms with van der Waals surface area (Å²) in [5, 5.41) is 3.06. The van der Waals surface area contributed by atoms with Gasteiger partial charge in [-0.15, -0.1) is 0 Å². The predicted molar refractivity (Wildman–Crippen MR) is 145 cm³/mol. The van der Waals surface area contributed by atoms with Gasteiger partial charge in [0, 0.05) is 39.0 Å². The van der Waals surface area contributed by atoms with Crippen molar-refractivity contribution in [1.29, 1.82) is 0 Å². The largest absolute Gasteiger partial charge is 0.356 e. The number of hydrogen-bond donors (Lipinski definition) is 1. The highest BCUT2D eigenvalue weighted by atomic mass is 16.2. The molecule has 0 radical (unpaired) electrons. The van der Waals surface area contributed by atoms with Gasteiger partial charge in [0.1, 0.15) is 5.82 Å². The van der Waals surface area contributed by atoms with Crippen LogP contribution in [0.25, 0.3) is 11.0 Å². The molecular weight excluding hydrogens is 448 g/mol. The van der Waals surface area contributed by atoms with Gasteiger partial charge in [-0.2, -0.15) is 0 Å². The molecule has 1 aliphatic rings. The van der Waals surface area contributed by atoms with Crippen molar-refractivity contribution < 1.29 is 9.59 Å². The van der Waals surface area contributed by atoms with Gasteiger partial charge < -0.3 is 14.8 Å². The molecule has 1 N–H and O–H groups in total. The van der Waals surface area contributed by atoms with E-state index in [1.807, 2.05) is 43.3 Å². The zero-order chi connectivity index (χ0) is 25.2. The van der Waals surface area contributed by atoms with Gasteiger partial charge in [-0.05, 0) is 55.9 Å². The number of imidazole rings is 1. The number of benzene rings is 2. The summed E-state index contributed by atoms with van der Waals surface area (Å²) in [5.74, 6) is 1.41. The Hall–Kier alpha value is -3.15. The number of aromatic nitrogens is 2. The molecule has 0 aliphatic carbocycles. The van der Waals surface area contributed by atoms with Crippen molar-refractivity contribution in [2.24, 2.45) is 0 Å². The van der Waals surface area contributed by atoms with Crippen LogP contribution in [0.2, 0.25) is 0 Å². The minimum absolute atomic E-state index is 0.0835. The van der Waals surface area contributed by atoms with E-state index in [-0.39, 0.29) is 11.8 Å². The smallest absolute Gasteiger partial charge is 0.224 e. The molecule has 2 aromatic carbocycles. The van der Waals surface area contributed by atoms with E-state index in [9.17, 15) is 9.59 Å². The zero-order valence-corrected chi connectivity index (χ0v) is 21.7. The predicted octanol–water partition coefficient (Wildman–Crippen LogP) is 5.21. The number of aryl methyl sites for hydroxylation is 3. The van der Waals surface area contributed by atoms with Gasteiger partial charge in [0.25, 0.3) is 0 Å². The van der Waals surface area contributed by atoms with Gasteiger partial charge in [0.2, 0.25) is 11.8 Å². The summed E-state index contributed by atoms with van der Waals surface area (Å²) in [7, 11) is 0. The lowest BCUT2D eigenvalue weighted by molar-refractivity contribution is -0.131. The van der Waals surface area contributed by atoms with Crippen LogP contribution in [0.5, 0.6) is 0 Å². The Morgan fingerprint density at radius 1 is 0.917 bits per heavy atom. The number of amides is 2. The van der Waals surface area contributed by atoms with Crippen LogP contribution in [-0.4, -0.2) is 45.9 Å². The minimum atomic E-state index is 0.0835. The maximum absolute atomic E-state index is 12.9. The summed E-state index contributed by atoms with van der Waals surface area (Å²) >= 11 is 0. The second-order valence-corrected chi connectivity index (χ2v) is 9.98. The lowest BCUT2D eigenvalue weighted by Gasteiger charge is -2.20. The fourth-order valence-electron chi connectivity index (χ4n) is 5.11. The van der Waals surface area contributed by atoms with Crippen molar-refractivity contribution >= 4 is 22.8 Å². The van der Waals surface area contributed by atoms with Crippen molar-refractivity contribution in [3.63, 3.8) is 0 Å². The molecule has 4 rings (SSSR count). The van der Waals surface area contributed by atoms with E-state index in [0.717, 1.165) is 79.6 Å². The van der Waals surface area contributed by atoms with Crippen LogP contribution in [0.1, 0.15) is 68.3 Å². The molecule has 3 aromatic rings. The number of carbonyl (C=O) groups excluding carboxylic acids is 2. The fraction of sp³-hybridized carbons (Fsp3) is 0.500. The average Bonchev–Trinajstić information content (AvgIpc) is 3.03. The maximum atomic E-state index is 12.9. The van der Waals surface area contributed by atoms with Crippen LogP contribution < -0.4 is 5.32 Å². The normalized spacial score (nSPS) is 14.1. The highest BCUT2D eigenvalue weighted by Gasteiger charge is 2.17. The number of unbranched alkanes of at least 4 members (excludes halogenated alkanes) is 2. The van der Waals surface area contributed by atoms with Gasteiger partial charge in [-0.3, -0.25) is 9.59 Å². The van der Waals surface area contributed by atoms with Crippen molar-refractivity contribution in [1.82, 2.24) is 19.8 Å². The molecule has 2 heterocycles. The third-order valence-electron chi connectivity index (χ3n) is 7.25. The highest BCUT2D eigenvalue weighted by Crippen LogP contribution is 2.19. The minimum Gasteiger partial charge on any atom is -0.356 e. The van der Waals surface area contributed by atoms with Crippen LogP contribution in [0.15, 0.2) is 48.5 Å². The van der Waals surface area contributed by atoms with E-state index in [2.05, 4.69) is 26.9 Å². The van der Waals surface area contributed by atoms with E-state index in [0.29, 0.717) is 25.9 Å². The molecule has 0 spiro atoms. The lowest BCUT2D eigenvalue weighted by atomic mass is 10.1. The number of nitrogens with zero attached hydrogens (tertiary/aromatic N) is 3. The summed E-state index contributed by atoms with van der Waals surface area (Å²) in [6.07, 6.45) is 9.54. The van der Waals surface area contributed by atoms with Crippen LogP contribution >= 0.6 is 0 Å². The van der Waals surface area contributed by atoms with E-state index in [4.69, 9.17) is 4.98 Å². The Balaban J connectivity index is 1.24. The van der Waals surface area contributed by atoms with Crippen LogP contribution in [0, 0.1) is 6.92 Å². The first-order chi connectivity index (χ1) is 17.6. The molecule has 0 atom stereocenters. The van der Waals surface area contributed by atoms with Crippen LogP contribution in [-0.2, 0) is 29.0 Å². The number of nitrogens with one attached hydrogen (secondary N) is 1.